The molecule has 3 aromatic rings. The fraction of sp³-hybridized carbons (Fsp3) is 0.450. The molecule has 0 aromatic carbocycles. The SMILES string of the molecule is O=C(c1cccs1)N1CCN(Cc2nc3sc4c(c3c(=O)[nH]2)CCCC4)CC1. The van der Waals surface area contributed by atoms with Crippen LogP contribution in [-0.2, 0) is 19.4 Å². The Kier molecular flexibility index (Phi) is 4.78. The van der Waals surface area contributed by atoms with Crippen molar-refractivity contribution in [2.24, 2.45) is 0 Å². The highest BCUT2D eigenvalue weighted by Crippen LogP contribution is 2.33. The van der Waals surface area contributed by atoms with Crippen molar-refractivity contribution in [1.82, 2.24) is 19.8 Å². The van der Waals surface area contributed by atoms with Crippen LogP contribution in [0.1, 0.15) is 38.8 Å². The number of nitrogens with one attached hydrogen (secondary N) is 1. The van der Waals surface area contributed by atoms with E-state index in [9.17, 15) is 9.59 Å². The van der Waals surface area contributed by atoms with Crippen molar-refractivity contribution < 1.29 is 4.79 Å². The van der Waals surface area contributed by atoms with E-state index in [1.165, 1.54) is 28.2 Å². The number of hydrogen-bond acceptors (Lipinski definition) is 6. The normalized spacial score (nSPS) is 17.8. The largest absolute Gasteiger partial charge is 0.335 e. The molecule has 4 heterocycles. The van der Waals surface area contributed by atoms with Gasteiger partial charge in [0.25, 0.3) is 11.5 Å². The van der Waals surface area contributed by atoms with Crippen molar-refractivity contribution in [2.45, 2.75) is 32.2 Å². The second kappa shape index (κ2) is 7.42. The molecule has 28 heavy (non-hydrogen) atoms. The van der Waals surface area contributed by atoms with E-state index in [1.54, 1.807) is 11.3 Å². The van der Waals surface area contributed by atoms with Crippen molar-refractivity contribution in [3.05, 3.63) is 49.0 Å². The minimum absolute atomic E-state index is 0.00547. The van der Waals surface area contributed by atoms with Gasteiger partial charge in [0.05, 0.1) is 16.8 Å². The van der Waals surface area contributed by atoms with E-state index in [0.717, 1.165) is 53.3 Å². The third-order valence-corrected chi connectivity index (χ3v) is 7.68. The summed E-state index contributed by atoms with van der Waals surface area (Å²) in [5, 5.41) is 2.75. The molecule has 1 N–H and O–H groups in total. The van der Waals surface area contributed by atoms with Gasteiger partial charge >= 0.3 is 0 Å². The zero-order valence-electron chi connectivity index (χ0n) is 15.6. The number of H-pyrrole nitrogens is 1. The molecule has 0 radical (unpaired) electrons. The lowest BCUT2D eigenvalue weighted by Crippen LogP contribution is -2.48. The number of fused-ring (bicyclic) bond motifs is 3. The molecule has 1 amide bonds. The Labute approximate surface area is 170 Å². The van der Waals surface area contributed by atoms with E-state index >= 15 is 0 Å². The predicted octanol–water partition coefficient (Wildman–Crippen LogP) is 2.88. The number of thiophene rings is 2. The van der Waals surface area contributed by atoms with Gasteiger partial charge < -0.3 is 9.88 Å². The van der Waals surface area contributed by atoms with Gasteiger partial charge in [-0.25, -0.2) is 4.98 Å². The minimum Gasteiger partial charge on any atom is -0.335 e. The van der Waals surface area contributed by atoms with Crippen LogP contribution in [0.2, 0.25) is 0 Å². The predicted molar refractivity (Wildman–Crippen MR) is 112 cm³/mol. The highest BCUT2D eigenvalue weighted by atomic mass is 32.1. The Morgan fingerprint density at radius 1 is 1.18 bits per heavy atom. The van der Waals surface area contributed by atoms with E-state index in [4.69, 9.17) is 4.98 Å². The van der Waals surface area contributed by atoms with Crippen LogP contribution in [0, 0.1) is 0 Å². The molecule has 1 saturated heterocycles. The first kappa shape index (κ1) is 18.0. The molecule has 0 spiro atoms. The number of rotatable bonds is 3. The van der Waals surface area contributed by atoms with E-state index < -0.39 is 0 Å². The highest BCUT2D eigenvalue weighted by molar-refractivity contribution is 7.18. The number of amides is 1. The minimum atomic E-state index is 0.00547. The Bertz CT molecular complexity index is 1060. The molecule has 1 aliphatic carbocycles. The van der Waals surface area contributed by atoms with Gasteiger partial charge in [0.1, 0.15) is 10.7 Å². The van der Waals surface area contributed by atoms with Crippen molar-refractivity contribution in [3.63, 3.8) is 0 Å². The van der Waals surface area contributed by atoms with Crippen LogP contribution in [0.3, 0.4) is 0 Å². The van der Waals surface area contributed by atoms with E-state index in [1.807, 2.05) is 22.4 Å². The fourth-order valence-corrected chi connectivity index (χ4v) is 6.13. The molecule has 0 atom stereocenters. The van der Waals surface area contributed by atoms with Gasteiger partial charge in [-0.1, -0.05) is 6.07 Å². The zero-order valence-corrected chi connectivity index (χ0v) is 17.2. The molecule has 0 bridgehead atoms. The van der Waals surface area contributed by atoms with Crippen LogP contribution in [0.4, 0.5) is 0 Å². The molecular weight excluding hydrogens is 392 g/mol. The molecule has 0 unspecified atom stereocenters. The molecule has 8 heteroatoms. The molecule has 5 rings (SSSR count). The maximum Gasteiger partial charge on any atom is 0.264 e. The Morgan fingerprint density at radius 3 is 2.79 bits per heavy atom. The van der Waals surface area contributed by atoms with E-state index in [0.29, 0.717) is 19.6 Å². The number of piperazine rings is 1. The third kappa shape index (κ3) is 3.29. The summed E-state index contributed by atoms with van der Waals surface area (Å²) in [4.78, 5) is 40.1. The molecule has 0 saturated carbocycles. The second-order valence-electron chi connectivity index (χ2n) is 7.45. The Morgan fingerprint density at radius 2 is 2.00 bits per heavy atom. The first-order chi connectivity index (χ1) is 13.7. The van der Waals surface area contributed by atoms with Crippen molar-refractivity contribution in [2.75, 3.05) is 26.2 Å². The Hall–Kier alpha value is -2.03. The van der Waals surface area contributed by atoms with E-state index in [2.05, 4.69) is 9.88 Å². The maximum atomic E-state index is 12.7. The quantitative estimate of drug-likeness (QED) is 0.716. The molecule has 1 fully saturated rings. The average Bonchev–Trinajstić information content (AvgIpc) is 3.36. The number of aromatic amines is 1. The average molecular weight is 415 g/mol. The number of hydrogen-bond donors (Lipinski definition) is 1. The lowest BCUT2D eigenvalue weighted by atomic mass is 9.97. The number of aromatic nitrogens is 2. The van der Waals surface area contributed by atoms with Crippen LogP contribution < -0.4 is 5.56 Å². The smallest absolute Gasteiger partial charge is 0.264 e. The van der Waals surface area contributed by atoms with Gasteiger partial charge in [-0.2, -0.15) is 0 Å². The topological polar surface area (TPSA) is 69.3 Å². The number of nitrogens with zero attached hydrogens (tertiary/aromatic N) is 3. The van der Waals surface area contributed by atoms with Crippen LogP contribution in [0.5, 0.6) is 0 Å². The summed E-state index contributed by atoms with van der Waals surface area (Å²) in [6, 6.07) is 3.79. The lowest BCUT2D eigenvalue weighted by molar-refractivity contribution is 0.0630. The molecule has 1 aliphatic heterocycles. The first-order valence-electron chi connectivity index (χ1n) is 9.77. The number of carbonyl (C=O) groups is 1. The molecular formula is C20H22N4O2S2. The van der Waals surface area contributed by atoms with Crippen LogP contribution in [-0.4, -0.2) is 51.9 Å². The zero-order chi connectivity index (χ0) is 19.1. The molecule has 146 valence electrons. The van der Waals surface area contributed by atoms with Crippen LogP contribution >= 0.6 is 22.7 Å². The number of aryl methyl sites for hydroxylation is 2. The monoisotopic (exact) mass is 414 g/mol. The fourth-order valence-electron chi connectivity index (χ4n) is 4.16. The van der Waals surface area contributed by atoms with Crippen molar-refractivity contribution in [3.8, 4) is 0 Å². The van der Waals surface area contributed by atoms with E-state index in [-0.39, 0.29) is 11.5 Å². The summed E-state index contributed by atoms with van der Waals surface area (Å²) >= 11 is 3.18. The van der Waals surface area contributed by atoms with Crippen molar-refractivity contribution in [1.29, 1.82) is 0 Å². The van der Waals surface area contributed by atoms with Crippen LogP contribution in [0.15, 0.2) is 22.3 Å². The third-order valence-electron chi connectivity index (χ3n) is 5.64. The van der Waals surface area contributed by atoms with Crippen LogP contribution in [0.25, 0.3) is 10.2 Å². The molecule has 6 nitrogen and oxygen atoms in total. The highest BCUT2D eigenvalue weighted by Gasteiger charge is 2.24. The number of carbonyl (C=O) groups excluding carboxylic acids is 1. The van der Waals surface area contributed by atoms with Crippen molar-refractivity contribution >= 4 is 38.8 Å². The lowest BCUT2D eigenvalue weighted by Gasteiger charge is -2.34. The summed E-state index contributed by atoms with van der Waals surface area (Å²) in [7, 11) is 0. The Balaban J connectivity index is 1.29. The molecule has 3 aromatic heterocycles. The summed E-state index contributed by atoms with van der Waals surface area (Å²) in [6.45, 7) is 3.61. The second-order valence-corrected chi connectivity index (χ2v) is 9.48. The van der Waals surface area contributed by atoms with Gasteiger partial charge in [-0.3, -0.25) is 14.5 Å². The summed E-state index contributed by atoms with van der Waals surface area (Å²) < 4.78 is 0. The van der Waals surface area contributed by atoms with Gasteiger partial charge in [-0.15, -0.1) is 22.7 Å². The summed E-state index contributed by atoms with van der Waals surface area (Å²) in [6.07, 6.45) is 4.44. The molecule has 2 aliphatic rings. The summed E-state index contributed by atoms with van der Waals surface area (Å²) in [5.74, 6) is 0.848. The first-order valence-corrected chi connectivity index (χ1v) is 11.5. The standard InChI is InChI=1S/C20H22N4O2S2/c25-18-17-13-4-1-2-5-14(13)28-19(17)22-16(21-18)12-23-7-9-24(10-8-23)20(26)15-6-3-11-27-15/h3,6,11H,1-2,4-5,7-10,12H2,(H,21,22,25). The maximum absolute atomic E-state index is 12.7. The van der Waals surface area contributed by atoms with Gasteiger partial charge in [0, 0.05) is 31.1 Å². The van der Waals surface area contributed by atoms with Gasteiger partial charge in [0.15, 0.2) is 0 Å². The van der Waals surface area contributed by atoms with Gasteiger partial charge in [-0.05, 0) is 42.7 Å². The van der Waals surface area contributed by atoms with Gasteiger partial charge in [0.2, 0.25) is 0 Å². The summed E-state index contributed by atoms with van der Waals surface area (Å²) in [5.41, 5.74) is 1.23.